The fourth-order valence-corrected chi connectivity index (χ4v) is 3.43. The maximum atomic E-state index is 13.4. The van der Waals surface area contributed by atoms with Gasteiger partial charge in [-0.15, -0.1) is 0 Å². The molecule has 2 N–H and O–H groups in total. The molecule has 0 spiro atoms. The number of nitrogens with zero attached hydrogens (tertiary/aromatic N) is 1. The zero-order valence-electron chi connectivity index (χ0n) is 16.0. The molecule has 29 heavy (non-hydrogen) atoms. The average Bonchev–Trinajstić information content (AvgIpc) is 2.95. The minimum absolute atomic E-state index is 0.324. The number of urea groups is 1. The van der Waals surface area contributed by atoms with Crippen molar-refractivity contribution in [3.8, 4) is 0 Å². The molecular weight excluding hydrogens is 380 g/mol. The number of benzene rings is 2. The summed E-state index contributed by atoms with van der Waals surface area (Å²) in [5, 5.41) is 5.30. The molecule has 1 heterocycles. The number of imide groups is 1. The first-order valence-corrected chi connectivity index (χ1v) is 9.22. The van der Waals surface area contributed by atoms with Gasteiger partial charge in [-0.05, 0) is 36.6 Å². The molecule has 1 aliphatic heterocycles. The summed E-state index contributed by atoms with van der Waals surface area (Å²) in [7, 11) is 0. The molecule has 2 atom stereocenters. The highest BCUT2D eigenvalue weighted by molar-refractivity contribution is 6.09. The minimum Gasteiger partial charge on any atom is -0.348 e. The van der Waals surface area contributed by atoms with E-state index in [9.17, 15) is 23.2 Å². The molecule has 0 saturated carbocycles. The molecule has 1 saturated heterocycles. The van der Waals surface area contributed by atoms with Crippen molar-refractivity contribution < 1.29 is 23.2 Å². The highest BCUT2D eigenvalue weighted by Crippen LogP contribution is 2.32. The van der Waals surface area contributed by atoms with Gasteiger partial charge in [-0.2, -0.15) is 0 Å². The smallest absolute Gasteiger partial charge is 0.325 e. The van der Waals surface area contributed by atoms with Crippen LogP contribution in [0.3, 0.4) is 0 Å². The monoisotopic (exact) mass is 401 g/mol. The maximum Gasteiger partial charge on any atom is 0.325 e. The fourth-order valence-electron chi connectivity index (χ4n) is 3.43. The number of halogens is 2. The molecule has 2 aromatic carbocycles. The number of carbonyl (C=O) groups excluding carboxylic acids is 3. The predicted molar refractivity (Wildman–Crippen MR) is 102 cm³/mol. The Kier molecular flexibility index (Phi) is 5.63. The largest absolute Gasteiger partial charge is 0.348 e. The van der Waals surface area contributed by atoms with Crippen LogP contribution < -0.4 is 10.6 Å². The third-order valence-electron chi connectivity index (χ3n) is 5.10. The van der Waals surface area contributed by atoms with Crippen molar-refractivity contribution in [3.63, 3.8) is 0 Å². The summed E-state index contributed by atoms with van der Waals surface area (Å²) in [6, 6.07) is 10.9. The predicted octanol–water partition coefficient (Wildman–Crippen LogP) is 3.00. The zero-order chi connectivity index (χ0) is 21.2. The van der Waals surface area contributed by atoms with Gasteiger partial charge in [0.1, 0.15) is 12.1 Å². The van der Waals surface area contributed by atoms with E-state index >= 15 is 0 Å². The molecule has 152 valence electrons. The Hall–Kier alpha value is -3.29. The quantitative estimate of drug-likeness (QED) is 0.731. The first kappa shape index (κ1) is 20.4. The second-order valence-electron chi connectivity index (χ2n) is 6.91. The second kappa shape index (κ2) is 7.98. The molecule has 0 bridgehead atoms. The highest BCUT2D eigenvalue weighted by atomic mass is 19.2. The Morgan fingerprint density at radius 2 is 1.83 bits per heavy atom. The number of amides is 4. The van der Waals surface area contributed by atoms with Crippen LogP contribution in [-0.2, 0) is 15.1 Å². The van der Waals surface area contributed by atoms with Crippen molar-refractivity contribution >= 4 is 17.8 Å². The molecule has 6 nitrogen and oxygen atoms in total. The summed E-state index contributed by atoms with van der Waals surface area (Å²) < 4.78 is 26.5. The van der Waals surface area contributed by atoms with Crippen LogP contribution in [0.1, 0.15) is 37.4 Å². The zero-order valence-corrected chi connectivity index (χ0v) is 16.0. The lowest BCUT2D eigenvalue weighted by Gasteiger charge is -2.25. The van der Waals surface area contributed by atoms with E-state index in [1.165, 1.54) is 6.07 Å². The van der Waals surface area contributed by atoms with Gasteiger partial charge in [0.15, 0.2) is 11.6 Å². The third kappa shape index (κ3) is 3.83. The molecule has 1 fully saturated rings. The Balaban J connectivity index is 1.72. The van der Waals surface area contributed by atoms with E-state index in [0.717, 1.165) is 17.0 Å². The standard InChI is InChI=1S/C21H21F2N3O3/c1-3-21(15-7-5-4-6-8-15)19(28)26(20(29)25-21)12-18(27)24-13(2)14-9-10-16(22)17(23)11-14/h4-11,13H,3,12H2,1-2H3,(H,24,27)(H,25,29)/t13-,21-/m0/s1. The molecule has 0 aromatic heterocycles. The molecule has 4 amide bonds. The van der Waals surface area contributed by atoms with Crippen LogP contribution in [0.4, 0.5) is 13.6 Å². The van der Waals surface area contributed by atoms with Crippen LogP contribution in [0, 0.1) is 11.6 Å². The highest BCUT2D eigenvalue weighted by Gasteiger charge is 2.51. The number of hydrogen-bond donors (Lipinski definition) is 2. The van der Waals surface area contributed by atoms with Crippen molar-refractivity contribution in [2.24, 2.45) is 0 Å². The Labute approximate surface area is 166 Å². The summed E-state index contributed by atoms with van der Waals surface area (Å²) in [4.78, 5) is 38.7. The summed E-state index contributed by atoms with van der Waals surface area (Å²) in [6.07, 6.45) is 0.324. The van der Waals surface area contributed by atoms with E-state index in [1.54, 1.807) is 44.2 Å². The maximum absolute atomic E-state index is 13.4. The number of rotatable bonds is 6. The van der Waals surface area contributed by atoms with Crippen LogP contribution in [-0.4, -0.2) is 29.3 Å². The molecule has 3 rings (SSSR count). The Bertz CT molecular complexity index is 951. The summed E-state index contributed by atoms with van der Waals surface area (Å²) in [5.74, 6) is -3.10. The van der Waals surface area contributed by atoms with Crippen molar-refractivity contribution in [3.05, 3.63) is 71.3 Å². The topological polar surface area (TPSA) is 78.5 Å². The number of nitrogens with one attached hydrogen (secondary N) is 2. The van der Waals surface area contributed by atoms with Gasteiger partial charge in [0.2, 0.25) is 5.91 Å². The Morgan fingerprint density at radius 3 is 2.45 bits per heavy atom. The van der Waals surface area contributed by atoms with Gasteiger partial charge in [-0.25, -0.2) is 13.6 Å². The minimum atomic E-state index is -1.22. The second-order valence-corrected chi connectivity index (χ2v) is 6.91. The van der Waals surface area contributed by atoms with Crippen molar-refractivity contribution in [2.75, 3.05) is 6.54 Å². The van der Waals surface area contributed by atoms with Gasteiger partial charge in [-0.3, -0.25) is 14.5 Å². The van der Waals surface area contributed by atoms with Crippen LogP contribution >= 0.6 is 0 Å². The summed E-state index contributed by atoms with van der Waals surface area (Å²) >= 11 is 0. The molecule has 1 aliphatic rings. The van der Waals surface area contributed by atoms with Gasteiger partial charge in [0.05, 0.1) is 6.04 Å². The van der Waals surface area contributed by atoms with E-state index in [2.05, 4.69) is 10.6 Å². The summed E-state index contributed by atoms with van der Waals surface area (Å²) in [6.45, 7) is 2.89. The van der Waals surface area contributed by atoms with E-state index in [1.807, 2.05) is 0 Å². The van der Waals surface area contributed by atoms with Crippen molar-refractivity contribution in [1.82, 2.24) is 15.5 Å². The normalized spacial score (nSPS) is 19.8. The lowest BCUT2D eigenvalue weighted by atomic mass is 9.87. The molecule has 8 heteroatoms. The SMILES string of the molecule is CC[C@@]1(c2ccccc2)NC(=O)N(CC(=O)N[C@@H](C)c2ccc(F)c(F)c2)C1=O. The van der Waals surface area contributed by atoms with Crippen LogP contribution in [0.25, 0.3) is 0 Å². The van der Waals surface area contributed by atoms with E-state index in [4.69, 9.17) is 0 Å². The number of carbonyl (C=O) groups is 3. The molecule has 0 unspecified atom stereocenters. The Morgan fingerprint density at radius 1 is 1.14 bits per heavy atom. The third-order valence-corrected chi connectivity index (χ3v) is 5.10. The fraction of sp³-hybridized carbons (Fsp3) is 0.286. The van der Waals surface area contributed by atoms with E-state index < -0.39 is 47.6 Å². The van der Waals surface area contributed by atoms with Crippen LogP contribution in [0.5, 0.6) is 0 Å². The lowest BCUT2D eigenvalue weighted by Crippen LogP contribution is -2.45. The van der Waals surface area contributed by atoms with Crippen LogP contribution in [0.2, 0.25) is 0 Å². The van der Waals surface area contributed by atoms with Crippen LogP contribution in [0.15, 0.2) is 48.5 Å². The van der Waals surface area contributed by atoms with Gasteiger partial charge < -0.3 is 10.6 Å². The van der Waals surface area contributed by atoms with Gasteiger partial charge in [0.25, 0.3) is 5.91 Å². The first-order valence-electron chi connectivity index (χ1n) is 9.22. The number of hydrogen-bond acceptors (Lipinski definition) is 3. The van der Waals surface area contributed by atoms with E-state index in [0.29, 0.717) is 17.5 Å². The summed E-state index contributed by atoms with van der Waals surface area (Å²) in [5.41, 5.74) is -0.217. The lowest BCUT2D eigenvalue weighted by molar-refractivity contribution is -0.135. The molecular formula is C21H21F2N3O3. The van der Waals surface area contributed by atoms with Gasteiger partial charge in [-0.1, -0.05) is 43.3 Å². The van der Waals surface area contributed by atoms with E-state index in [-0.39, 0.29) is 0 Å². The molecule has 0 radical (unpaired) electrons. The van der Waals surface area contributed by atoms with Crippen molar-refractivity contribution in [2.45, 2.75) is 31.8 Å². The molecule has 2 aromatic rings. The van der Waals surface area contributed by atoms with Gasteiger partial charge >= 0.3 is 6.03 Å². The van der Waals surface area contributed by atoms with Crippen molar-refractivity contribution in [1.29, 1.82) is 0 Å². The first-order chi connectivity index (χ1) is 13.8. The average molecular weight is 401 g/mol. The van der Waals surface area contributed by atoms with Gasteiger partial charge in [0, 0.05) is 0 Å². The molecule has 0 aliphatic carbocycles.